The summed E-state index contributed by atoms with van der Waals surface area (Å²) in [7, 11) is 0. The summed E-state index contributed by atoms with van der Waals surface area (Å²) in [5.41, 5.74) is -0.353. The van der Waals surface area contributed by atoms with Crippen LogP contribution in [0, 0.1) is 6.92 Å². The van der Waals surface area contributed by atoms with Gasteiger partial charge in [-0.05, 0) is 31.7 Å². The van der Waals surface area contributed by atoms with E-state index in [2.05, 4.69) is 15.3 Å². The van der Waals surface area contributed by atoms with E-state index in [1.807, 2.05) is 0 Å². The molecule has 0 spiro atoms. The number of aryl methyl sites for hydroxylation is 1. The number of hydrogen-bond donors (Lipinski definition) is 3. The minimum Gasteiger partial charge on any atom is -0.388 e. The molecule has 20 heavy (non-hydrogen) atoms. The number of nitrogens with zero attached hydrogens (tertiary/aromatic N) is 1. The Kier molecular flexibility index (Phi) is 3.10. The molecule has 2 heterocycles. The van der Waals surface area contributed by atoms with Gasteiger partial charge in [0, 0.05) is 6.54 Å². The Morgan fingerprint density at radius 2 is 2.35 bits per heavy atom. The largest absolute Gasteiger partial charge is 0.388 e. The topological polar surface area (TPSA) is 95.1 Å². The lowest BCUT2D eigenvalue weighted by molar-refractivity contribution is -0.0300. The molecule has 6 nitrogen and oxygen atoms in total. The molecule has 1 saturated carbocycles. The third-order valence-corrected chi connectivity index (χ3v) is 5.00. The van der Waals surface area contributed by atoms with Gasteiger partial charge < -0.3 is 15.4 Å². The second-order valence-corrected chi connectivity index (χ2v) is 6.23. The number of carbonyl (C=O) groups excluding carboxylic acids is 1. The van der Waals surface area contributed by atoms with E-state index in [0.717, 1.165) is 19.3 Å². The maximum absolute atomic E-state index is 12.2. The first kappa shape index (κ1) is 13.3. The van der Waals surface area contributed by atoms with Crippen LogP contribution in [0.15, 0.2) is 11.1 Å². The highest BCUT2D eigenvalue weighted by molar-refractivity contribution is 7.20. The summed E-state index contributed by atoms with van der Waals surface area (Å²) >= 11 is 1.20. The second-order valence-electron chi connectivity index (χ2n) is 5.23. The minimum atomic E-state index is -0.754. The molecule has 1 fully saturated rings. The molecule has 1 amide bonds. The van der Waals surface area contributed by atoms with Gasteiger partial charge in [0.1, 0.15) is 4.83 Å². The number of aliphatic hydroxyl groups is 1. The number of rotatable bonds is 3. The molecule has 3 rings (SSSR count). The van der Waals surface area contributed by atoms with Crippen LogP contribution >= 0.6 is 11.3 Å². The Hall–Kier alpha value is -1.73. The lowest BCUT2D eigenvalue weighted by Gasteiger charge is -2.36. The van der Waals surface area contributed by atoms with Gasteiger partial charge in [-0.25, -0.2) is 4.98 Å². The van der Waals surface area contributed by atoms with Crippen molar-refractivity contribution < 1.29 is 9.90 Å². The molecule has 0 bridgehead atoms. The lowest BCUT2D eigenvalue weighted by atomic mass is 9.80. The highest BCUT2D eigenvalue weighted by Crippen LogP contribution is 2.31. The van der Waals surface area contributed by atoms with E-state index in [9.17, 15) is 14.7 Å². The zero-order chi connectivity index (χ0) is 14.3. The summed E-state index contributed by atoms with van der Waals surface area (Å²) < 4.78 is 0. The van der Waals surface area contributed by atoms with E-state index in [0.29, 0.717) is 20.7 Å². The van der Waals surface area contributed by atoms with Gasteiger partial charge in [0.25, 0.3) is 11.5 Å². The van der Waals surface area contributed by atoms with Crippen molar-refractivity contribution in [2.24, 2.45) is 0 Å². The number of H-pyrrole nitrogens is 1. The molecule has 0 unspecified atom stereocenters. The number of aromatic nitrogens is 2. The molecule has 1 aliphatic rings. The number of nitrogens with one attached hydrogen (secondary N) is 2. The molecule has 2 aromatic heterocycles. The minimum absolute atomic E-state index is 0.236. The Morgan fingerprint density at radius 3 is 2.95 bits per heavy atom. The summed E-state index contributed by atoms with van der Waals surface area (Å²) in [4.78, 5) is 31.5. The van der Waals surface area contributed by atoms with Crippen LogP contribution < -0.4 is 10.9 Å². The average Bonchev–Trinajstić information content (AvgIpc) is 2.72. The number of fused-ring (bicyclic) bond motifs is 1. The monoisotopic (exact) mass is 293 g/mol. The van der Waals surface area contributed by atoms with Crippen molar-refractivity contribution in [3.05, 3.63) is 27.1 Å². The van der Waals surface area contributed by atoms with Gasteiger partial charge in [-0.1, -0.05) is 0 Å². The molecule has 106 valence electrons. The predicted octanol–water partition coefficient (Wildman–Crippen LogP) is 0.938. The van der Waals surface area contributed by atoms with E-state index in [1.165, 1.54) is 17.7 Å². The average molecular weight is 293 g/mol. The predicted molar refractivity (Wildman–Crippen MR) is 76.1 cm³/mol. The van der Waals surface area contributed by atoms with Crippen molar-refractivity contribution >= 4 is 27.5 Å². The molecule has 0 aliphatic heterocycles. The van der Waals surface area contributed by atoms with Gasteiger partial charge in [-0.2, -0.15) is 0 Å². The number of carbonyl (C=O) groups is 1. The van der Waals surface area contributed by atoms with E-state index in [4.69, 9.17) is 0 Å². The smallest absolute Gasteiger partial charge is 0.261 e. The van der Waals surface area contributed by atoms with Gasteiger partial charge in [0.05, 0.1) is 22.2 Å². The molecule has 7 heteroatoms. The normalized spacial score (nSPS) is 16.9. The van der Waals surface area contributed by atoms with Crippen molar-refractivity contribution in [2.45, 2.75) is 31.8 Å². The first-order chi connectivity index (χ1) is 9.50. The van der Waals surface area contributed by atoms with E-state index in [-0.39, 0.29) is 18.0 Å². The fraction of sp³-hybridized carbons (Fsp3) is 0.462. The maximum atomic E-state index is 12.2. The summed E-state index contributed by atoms with van der Waals surface area (Å²) in [5, 5.41) is 13.2. The third-order valence-electron chi connectivity index (χ3n) is 3.80. The first-order valence-electron chi connectivity index (χ1n) is 6.47. The Labute approximate surface area is 118 Å². The molecular formula is C13H15N3O3S. The molecule has 0 aromatic carbocycles. The van der Waals surface area contributed by atoms with Gasteiger partial charge in [-0.15, -0.1) is 11.3 Å². The van der Waals surface area contributed by atoms with Crippen LogP contribution in [0.5, 0.6) is 0 Å². The Bertz CT molecular complexity index is 730. The molecular weight excluding hydrogens is 278 g/mol. The summed E-state index contributed by atoms with van der Waals surface area (Å²) in [6.45, 7) is 1.99. The number of thiophene rings is 1. The van der Waals surface area contributed by atoms with E-state index < -0.39 is 5.60 Å². The highest BCUT2D eigenvalue weighted by atomic mass is 32.1. The number of amides is 1. The van der Waals surface area contributed by atoms with Crippen molar-refractivity contribution in [1.82, 2.24) is 15.3 Å². The van der Waals surface area contributed by atoms with Crippen LogP contribution in [0.3, 0.4) is 0 Å². The Balaban J connectivity index is 1.86. The maximum Gasteiger partial charge on any atom is 0.261 e. The summed E-state index contributed by atoms with van der Waals surface area (Å²) in [6.07, 6.45) is 3.77. The van der Waals surface area contributed by atoms with Crippen LogP contribution in [0.4, 0.5) is 0 Å². The molecule has 0 radical (unpaired) electrons. The first-order valence-corrected chi connectivity index (χ1v) is 7.29. The zero-order valence-corrected chi connectivity index (χ0v) is 11.8. The SMILES string of the molecule is Cc1c(C(=O)NCC2(O)CCC2)sc2nc[nH]c(=O)c12. The molecule has 2 aromatic rings. The fourth-order valence-corrected chi connectivity index (χ4v) is 3.45. The molecule has 0 atom stereocenters. The Morgan fingerprint density at radius 1 is 1.60 bits per heavy atom. The third kappa shape index (κ3) is 2.12. The summed E-state index contributed by atoms with van der Waals surface area (Å²) in [6, 6.07) is 0. The van der Waals surface area contributed by atoms with E-state index in [1.54, 1.807) is 6.92 Å². The fourth-order valence-electron chi connectivity index (χ4n) is 2.38. The van der Waals surface area contributed by atoms with Crippen molar-refractivity contribution in [2.75, 3.05) is 6.54 Å². The zero-order valence-electron chi connectivity index (χ0n) is 11.0. The molecule has 0 saturated heterocycles. The highest BCUT2D eigenvalue weighted by Gasteiger charge is 2.34. The van der Waals surface area contributed by atoms with Crippen LogP contribution in [0.1, 0.15) is 34.5 Å². The van der Waals surface area contributed by atoms with Crippen molar-refractivity contribution in [1.29, 1.82) is 0 Å². The quantitative estimate of drug-likeness (QED) is 0.785. The summed E-state index contributed by atoms with van der Waals surface area (Å²) in [5.74, 6) is -0.259. The van der Waals surface area contributed by atoms with Crippen LogP contribution in [0.25, 0.3) is 10.2 Å². The van der Waals surface area contributed by atoms with Crippen molar-refractivity contribution in [3.63, 3.8) is 0 Å². The van der Waals surface area contributed by atoms with Gasteiger partial charge in [0.15, 0.2) is 0 Å². The van der Waals surface area contributed by atoms with Gasteiger partial charge in [-0.3, -0.25) is 9.59 Å². The van der Waals surface area contributed by atoms with Crippen LogP contribution in [-0.4, -0.2) is 33.1 Å². The lowest BCUT2D eigenvalue weighted by Crippen LogP contribution is -2.47. The second kappa shape index (κ2) is 4.68. The molecule has 3 N–H and O–H groups in total. The van der Waals surface area contributed by atoms with Crippen LogP contribution in [-0.2, 0) is 0 Å². The van der Waals surface area contributed by atoms with Gasteiger partial charge in [0.2, 0.25) is 0 Å². The van der Waals surface area contributed by atoms with Crippen molar-refractivity contribution in [3.8, 4) is 0 Å². The van der Waals surface area contributed by atoms with Crippen LogP contribution in [0.2, 0.25) is 0 Å². The molecule has 1 aliphatic carbocycles. The standard InChI is InChI=1S/C13H15N3O3S/c1-7-8-10(17)15-6-16-12(8)20-9(7)11(18)14-5-13(19)3-2-4-13/h6,19H,2-5H2,1H3,(H,14,18)(H,15,16,17). The number of aromatic amines is 1. The van der Waals surface area contributed by atoms with Gasteiger partial charge >= 0.3 is 0 Å². The van der Waals surface area contributed by atoms with E-state index >= 15 is 0 Å². The number of hydrogen-bond acceptors (Lipinski definition) is 5.